The Bertz CT molecular complexity index is 646. The average molecular weight is 850 g/mol. The van der Waals surface area contributed by atoms with Crippen LogP contribution in [0.5, 0.6) is 0 Å². The molecule has 0 aliphatic carbocycles. The van der Waals surface area contributed by atoms with Crippen LogP contribution in [0.3, 0.4) is 0 Å². The minimum Gasteiger partial charge on any atom is -0.327 e. The van der Waals surface area contributed by atoms with Crippen molar-refractivity contribution in [1.29, 1.82) is 0 Å². The smallest absolute Gasteiger partial charge is 0.282 e. The fraction of sp³-hybridized carbons (Fsp3) is 1.00. The van der Waals surface area contributed by atoms with E-state index in [1.165, 1.54) is 289 Å². The van der Waals surface area contributed by atoms with Gasteiger partial charge in [-0.25, -0.2) is 0 Å². The molecule has 0 aromatic rings. The molecule has 0 bridgehead atoms. The number of ether oxygens (including phenoxy) is 3. The van der Waals surface area contributed by atoms with Crippen LogP contribution in [0.2, 0.25) is 0 Å². The SMILES string of the molecule is CCCCCCCCCCCCCCCCCCOC(CC)(OCCCCCCCCCCCCCCCCCC)OCCCCCCCCCCCCCCCCCC. The molecule has 0 N–H and O–H groups in total. The summed E-state index contributed by atoms with van der Waals surface area (Å²) in [6.07, 6.45) is 67.7. The lowest BCUT2D eigenvalue weighted by Crippen LogP contribution is -2.39. The zero-order valence-corrected chi connectivity index (χ0v) is 42.5. The monoisotopic (exact) mass is 849 g/mol. The van der Waals surface area contributed by atoms with Crippen LogP contribution < -0.4 is 0 Å². The summed E-state index contributed by atoms with van der Waals surface area (Å²) < 4.78 is 19.5. The first-order chi connectivity index (χ1) is 29.7. The summed E-state index contributed by atoms with van der Waals surface area (Å²) in [5, 5.41) is 0. The first kappa shape index (κ1) is 59.9. The molecule has 0 rings (SSSR count). The lowest BCUT2D eigenvalue weighted by Gasteiger charge is -2.32. The molecule has 0 aliphatic heterocycles. The molecule has 0 heterocycles. The van der Waals surface area contributed by atoms with Crippen LogP contribution in [0.4, 0.5) is 0 Å². The Hall–Kier alpha value is -0.120. The molecular formula is C57H116O3. The first-order valence-electron chi connectivity index (χ1n) is 28.7. The lowest BCUT2D eigenvalue weighted by atomic mass is 10.0. The molecule has 0 spiro atoms. The molecule has 0 aromatic carbocycles. The molecule has 0 amide bonds. The summed E-state index contributed by atoms with van der Waals surface area (Å²) in [7, 11) is 0. The van der Waals surface area contributed by atoms with Crippen LogP contribution in [0, 0.1) is 0 Å². The van der Waals surface area contributed by atoms with E-state index in [1.807, 2.05) is 0 Å². The number of rotatable bonds is 55. The van der Waals surface area contributed by atoms with Gasteiger partial charge in [-0.15, -0.1) is 0 Å². The highest BCUT2D eigenvalue weighted by molar-refractivity contribution is 4.59. The molecular weight excluding hydrogens is 733 g/mol. The highest BCUT2D eigenvalue weighted by Gasteiger charge is 2.31. The molecule has 0 fully saturated rings. The van der Waals surface area contributed by atoms with Crippen molar-refractivity contribution in [1.82, 2.24) is 0 Å². The van der Waals surface area contributed by atoms with Gasteiger partial charge in [0.05, 0.1) is 19.8 Å². The Morgan fingerprint density at radius 1 is 0.183 bits per heavy atom. The van der Waals surface area contributed by atoms with Gasteiger partial charge in [0.15, 0.2) is 0 Å². The highest BCUT2D eigenvalue weighted by atomic mass is 16.9. The van der Waals surface area contributed by atoms with E-state index in [2.05, 4.69) is 27.7 Å². The second-order valence-electron chi connectivity index (χ2n) is 19.5. The third kappa shape index (κ3) is 47.4. The van der Waals surface area contributed by atoms with Crippen LogP contribution >= 0.6 is 0 Å². The zero-order valence-electron chi connectivity index (χ0n) is 42.5. The van der Waals surface area contributed by atoms with Crippen LogP contribution in [0.15, 0.2) is 0 Å². The van der Waals surface area contributed by atoms with E-state index < -0.39 is 5.97 Å². The number of unbranched alkanes of at least 4 members (excludes halogenated alkanes) is 45. The third-order valence-corrected chi connectivity index (χ3v) is 13.4. The predicted octanol–water partition coefficient (Wildman–Crippen LogP) is 20.9. The number of hydrogen-bond acceptors (Lipinski definition) is 3. The maximum absolute atomic E-state index is 6.51. The summed E-state index contributed by atoms with van der Waals surface area (Å²) >= 11 is 0. The van der Waals surface area contributed by atoms with E-state index in [9.17, 15) is 0 Å². The predicted molar refractivity (Wildman–Crippen MR) is 270 cm³/mol. The molecule has 0 aromatic heterocycles. The van der Waals surface area contributed by atoms with Crippen LogP contribution in [-0.2, 0) is 14.2 Å². The molecule has 362 valence electrons. The Balaban J connectivity index is 4.19. The fourth-order valence-electron chi connectivity index (χ4n) is 9.06. The summed E-state index contributed by atoms with van der Waals surface area (Å²) in [5.74, 6) is -0.847. The van der Waals surface area contributed by atoms with Gasteiger partial charge in [-0.3, -0.25) is 0 Å². The summed E-state index contributed by atoms with van der Waals surface area (Å²) in [6.45, 7) is 11.4. The van der Waals surface area contributed by atoms with Gasteiger partial charge < -0.3 is 14.2 Å². The van der Waals surface area contributed by atoms with Gasteiger partial charge >= 0.3 is 0 Å². The van der Waals surface area contributed by atoms with E-state index in [0.29, 0.717) is 0 Å². The van der Waals surface area contributed by atoms with Gasteiger partial charge in [0, 0.05) is 6.42 Å². The van der Waals surface area contributed by atoms with Crippen LogP contribution in [-0.4, -0.2) is 25.8 Å². The van der Waals surface area contributed by atoms with Gasteiger partial charge in [-0.05, 0) is 19.3 Å². The van der Waals surface area contributed by atoms with Crippen molar-refractivity contribution in [2.45, 2.75) is 348 Å². The van der Waals surface area contributed by atoms with E-state index >= 15 is 0 Å². The van der Waals surface area contributed by atoms with E-state index in [0.717, 1.165) is 45.5 Å². The van der Waals surface area contributed by atoms with Gasteiger partial charge in [0.1, 0.15) is 0 Å². The topological polar surface area (TPSA) is 27.7 Å². The third-order valence-electron chi connectivity index (χ3n) is 13.4. The minimum atomic E-state index is -0.847. The van der Waals surface area contributed by atoms with Crippen LogP contribution in [0.1, 0.15) is 342 Å². The van der Waals surface area contributed by atoms with Gasteiger partial charge in [-0.1, -0.05) is 317 Å². The molecule has 3 nitrogen and oxygen atoms in total. The first-order valence-corrected chi connectivity index (χ1v) is 28.7. The highest BCUT2D eigenvalue weighted by Crippen LogP contribution is 2.24. The largest absolute Gasteiger partial charge is 0.327 e. The summed E-state index contributed by atoms with van der Waals surface area (Å²) in [5.41, 5.74) is 0. The van der Waals surface area contributed by atoms with Crippen molar-refractivity contribution in [2.24, 2.45) is 0 Å². The summed E-state index contributed by atoms with van der Waals surface area (Å²) in [4.78, 5) is 0. The zero-order chi connectivity index (χ0) is 43.4. The minimum absolute atomic E-state index is 0.754. The Labute approximate surface area is 381 Å². The molecule has 0 saturated carbocycles. The average Bonchev–Trinajstić information content (AvgIpc) is 3.26. The fourth-order valence-corrected chi connectivity index (χ4v) is 9.06. The van der Waals surface area contributed by atoms with Crippen LogP contribution in [0.25, 0.3) is 0 Å². The lowest BCUT2D eigenvalue weighted by molar-refractivity contribution is -0.382. The molecule has 0 atom stereocenters. The number of hydrogen-bond donors (Lipinski definition) is 0. The normalized spacial score (nSPS) is 12.0. The Morgan fingerprint density at radius 3 is 0.450 bits per heavy atom. The molecule has 3 heteroatoms. The van der Waals surface area contributed by atoms with Gasteiger partial charge in [0.2, 0.25) is 0 Å². The maximum Gasteiger partial charge on any atom is 0.282 e. The second kappa shape index (κ2) is 53.2. The van der Waals surface area contributed by atoms with Crippen molar-refractivity contribution < 1.29 is 14.2 Å². The van der Waals surface area contributed by atoms with Crippen molar-refractivity contribution in [3.8, 4) is 0 Å². The molecule has 0 unspecified atom stereocenters. The molecule has 0 radical (unpaired) electrons. The Kier molecular flexibility index (Phi) is 53.1. The van der Waals surface area contributed by atoms with Gasteiger partial charge in [-0.2, -0.15) is 0 Å². The second-order valence-corrected chi connectivity index (χ2v) is 19.5. The van der Waals surface area contributed by atoms with Crippen molar-refractivity contribution >= 4 is 0 Å². The van der Waals surface area contributed by atoms with Crippen molar-refractivity contribution in [3.05, 3.63) is 0 Å². The standard InChI is InChI=1S/C57H116O3/c1-5-9-12-15-18-21-24-27-30-33-36-39-42-45-48-51-54-58-57(8-4,59-55-52-49-46-43-40-37-34-31-28-25-22-19-16-13-10-6-2)60-56-53-50-47-44-41-38-35-32-29-26-23-20-17-14-11-7-3/h5-56H2,1-4H3. The van der Waals surface area contributed by atoms with Crippen molar-refractivity contribution in [3.63, 3.8) is 0 Å². The molecule has 60 heavy (non-hydrogen) atoms. The summed E-state index contributed by atoms with van der Waals surface area (Å²) in [6, 6.07) is 0. The Morgan fingerprint density at radius 2 is 0.317 bits per heavy atom. The van der Waals surface area contributed by atoms with Gasteiger partial charge in [0.25, 0.3) is 5.97 Å². The maximum atomic E-state index is 6.51. The molecule has 0 aliphatic rings. The molecule has 0 saturated heterocycles. The van der Waals surface area contributed by atoms with Crippen molar-refractivity contribution in [2.75, 3.05) is 19.8 Å². The van der Waals surface area contributed by atoms with E-state index in [-0.39, 0.29) is 0 Å². The quantitative estimate of drug-likeness (QED) is 0.0451. The van der Waals surface area contributed by atoms with E-state index in [1.54, 1.807) is 0 Å². The van der Waals surface area contributed by atoms with E-state index in [4.69, 9.17) is 14.2 Å².